The highest BCUT2D eigenvalue weighted by molar-refractivity contribution is 6.08. The Morgan fingerprint density at radius 2 is 1.80 bits per heavy atom. The Morgan fingerprint density at radius 3 is 2.45 bits per heavy atom. The summed E-state index contributed by atoms with van der Waals surface area (Å²) in [5, 5.41) is 2.86. The fourth-order valence-corrected chi connectivity index (χ4v) is 1.98. The minimum Gasteiger partial charge on any atom is -0.323 e. The van der Waals surface area contributed by atoms with Crippen LogP contribution in [-0.4, -0.2) is 10.9 Å². The number of carbonyl (C=O) groups excluding carboxylic acids is 1. The first-order valence-corrected chi connectivity index (χ1v) is 6.34. The molecule has 0 aliphatic carbocycles. The minimum absolute atomic E-state index is 0.213. The molecule has 1 aromatic heterocycles. The molecule has 0 atom stereocenters. The third-order valence-electron chi connectivity index (χ3n) is 3.05. The van der Waals surface area contributed by atoms with Crippen LogP contribution < -0.4 is 16.6 Å². The first-order valence-electron chi connectivity index (χ1n) is 6.34. The largest absolute Gasteiger partial charge is 0.323 e. The number of nitrogens with two attached hydrogens (primary N) is 1. The van der Waals surface area contributed by atoms with E-state index in [1.54, 1.807) is 12.1 Å². The first kappa shape index (κ1) is 14.0. The molecule has 2 aromatic rings. The number of hydrogen-bond acceptors (Lipinski definition) is 4. The number of pyridine rings is 1. The van der Waals surface area contributed by atoms with Gasteiger partial charge in [0.1, 0.15) is 0 Å². The number of aryl methyl sites for hydroxylation is 3. The summed E-state index contributed by atoms with van der Waals surface area (Å²) in [6.07, 6.45) is 0. The number of nitrogen functional groups attached to an aromatic ring is 1. The fourth-order valence-electron chi connectivity index (χ4n) is 1.98. The fraction of sp³-hybridized carbons (Fsp3) is 0.200. The van der Waals surface area contributed by atoms with Crippen molar-refractivity contribution in [1.29, 1.82) is 0 Å². The van der Waals surface area contributed by atoms with Gasteiger partial charge < -0.3 is 10.7 Å². The van der Waals surface area contributed by atoms with Crippen molar-refractivity contribution in [1.82, 2.24) is 4.98 Å². The smallest absolute Gasteiger partial charge is 0.257 e. The Bertz CT molecular complexity index is 652. The van der Waals surface area contributed by atoms with Crippen LogP contribution in [0, 0.1) is 20.8 Å². The van der Waals surface area contributed by atoms with Crippen LogP contribution in [0.25, 0.3) is 0 Å². The standard InChI is InChI=1S/C15H18N4O/c1-9-4-6-14(19-16)12(8-9)15(20)18-13-7-5-10(2)17-11(13)3/h4-8,19H,16H2,1-3H3,(H,18,20). The monoisotopic (exact) mass is 270 g/mol. The minimum atomic E-state index is -0.213. The molecule has 104 valence electrons. The van der Waals surface area contributed by atoms with Crippen LogP contribution in [0.4, 0.5) is 11.4 Å². The predicted molar refractivity (Wildman–Crippen MR) is 80.7 cm³/mol. The van der Waals surface area contributed by atoms with Crippen molar-refractivity contribution in [3.63, 3.8) is 0 Å². The van der Waals surface area contributed by atoms with Crippen LogP contribution in [0.2, 0.25) is 0 Å². The van der Waals surface area contributed by atoms with Crippen LogP contribution in [0.1, 0.15) is 27.3 Å². The zero-order valence-corrected chi connectivity index (χ0v) is 11.8. The van der Waals surface area contributed by atoms with Crippen LogP contribution in [0.15, 0.2) is 30.3 Å². The van der Waals surface area contributed by atoms with Crippen molar-refractivity contribution in [2.24, 2.45) is 5.84 Å². The van der Waals surface area contributed by atoms with Crippen molar-refractivity contribution >= 4 is 17.3 Å². The molecule has 0 bridgehead atoms. The zero-order valence-electron chi connectivity index (χ0n) is 11.8. The number of hydrazine groups is 1. The van der Waals surface area contributed by atoms with Gasteiger partial charge in [-0.3, -0.25) is 15.6 Å². The molecule has 0 unspecified atom stereocenters. The Morgan fingerprint density at radius 1 is 1.10 bits per heavy atom. The van der Waals surface area contributed by atoms with Crippen molar-refractivity contribution < 1.29 is 4.79 Å². The quantitative estimate of drug-likeness (QED) is 0.591. The number of carbonyl (C=O) groups is 1. The molecule has 0 fully saturated rings. The lowest BCUT2D eigenvalue weighted by Gasteiger charge is -2.12. The van der Waals surface area contributed by atoms with Crippen molar-refractivity contribution in [3.8, 4) is 0 Å². The lowest BCUT2D eigenvalue weighted by Crippen LogP contribution is -2.18. The van der Waals surface area contributed by atoms with Gasteiger partial charge in [-0.25, -0.2) is 0 Å². The number of anilines is 2. The van der Waals surface area contributed by atoms with Gasteiger partial charge in [-0.05, 0) is 45.0 Å². The van der Waals surface area contributed by atoms with E-state index >= 15 is 0 Å². The summed E-state index contributed by atoms with van der Waals surface area (Å²) in [6, 6.07) is 9.18. The van der Waals surface area contributed by atoms with Gasteiger partial charge in [0.25, 0.3) is 5.91 Å². The number of rotatable bonds is 3. The van der Waals surface area contributed by atoms with E-state index in [9.17, 15) is 4.79 Å². The average Bonchev–Trinajstić information content (AvgIpc) is 2.41. The number of hydrogen-bond donors (Lipinski definition) is 3. The Kier molecular flexibility index (Phi) is 4.00. The normalized spacial score (nSPS) is 10.2. The van der Waals surface area contributed by atoms with Gasteiger partial charge in [-0.2, -0.15) is 0 Å². The van der Waals surface area contributed by atoms with E-state index in [0.717, 1.165) is 17.0 Å². The summed E-state index contributed by atoms with van der Waals surface area (Å²) in [7, 11) is 0. The summed E-state index contributed by atoms with van der Waals surface area (Å²) < 4.78 is 0. The maximum Gasteiger partial charge on any atom is 0.257 e. The zero-order chi connectivity index (χ0) is 14.7. The van der Waals surface area contributed by atoms with Crippen LogP contribution in [0.5, 0.6) is 0 Å². The molecule has 5 heteroatoms. The third-order valence-corrected chi connectivity index (χ3v) is 3.05. The summed E-state index contributed by atoms with van der Waals surface area (Å²) in [5.41, 5.74) is 7.03. The molecule has 20 heavy (non-hydrogen) atoms. The molecule has 0 aliphatic heterocycles. The second-order valence-corrected chi connectivity index (χ2v) is 4.73. The highest BCUT2D eigenvalue weighted by Gasteiger charge is 2.12. The molecule has 1 aromatic carbocycles. The van der Waals surface area contributed by atoms with Crippen molar-refractivity contribution in [3.05, 3.63) is 52.8 Å². The maximum atomic E-state index is 12.3. The van der Waals surface area contributed by atoms with Crippen molar-refractivity contribution in [2.45, 2.75) is 20.8 Å². The average molecular weight is 270 g/mol. The van der Waals surface area contributed by atoms with E-state index in [4.69, 9.17) is 5.84 Å². The highest BCUT2D eigenvalue weighted by atomic mass is 16.1. The molecule has 1 heterocycles. The Hall–Kier alpha value is -2.40. The molecule has 2 rings (SSSR count). The lowest BCUT2D eigenvalue weighted by atomic mass is 10.1. The number of aromatic nitrogens is 1. The molecular formula is C15H18N4O. The summed E-state index contributed by atoms with van der Waals surface area (Å²) >= 11 is 0. The third kappa shape index (κ3) is 2.95. The molecule has 5 nitrogen and oxygen atoms in total. The molecule has 0 saturated heterocycles. The number of nitrogens with zero attached hydrogens (tertiary/aromatic N) is 1. The van der Waals surface area contributed by atoms with E-state index in [-0.39, 0.29) is 5.91 Å². The Labute approximate surface area is 118 Å². The maximum absolute atomic E-state index is 12.3. The molecule has 0 saturated carbocycles. The second-order valence-electron chi connectivity index (χ2n) is 4.73. The van der Waals surface area contributed by atoms with Gasteiger partial charge in [-0.1, -0.05) is 11.6 Å². The van der Waals surface area contributed by atoms with Crippen LogP contribution >= 0.6 is 0 Å². The molecule has 0 aliphatic rings. The lowest BCUT2D eigenvalue weighted by molar-refractivity contribution is 0.102. The van der Waals surface area contributed by atoms with Crippen LogP contribution in [-0.2, 0) is 0 Å². The first-order chi connectivity index (χ1) is 9.51. The number of amides is 1. The van der Waals surface area contributed by atoms with Gasteiger partial charge in [0.15, 0.2) is 0 Å². The topological polar surface area (TPSA) is 80.0 Å². The number of benzene rings is 1. The van der Waals surface area contributed by atoms with Gasteiger partial charge in [0, 0.05) is 5.69 Å². The van der Waals surface area contributed by atoms with E-state index in [1.165, 1.54) is 0 Å². The molecule has 0 radical (unpaired) electrons. The molecule has 4 N–H and O–H groups in total. The Balaban J connectivity index is 2.30. The summed E-state index contributed by atoms with van der Waals surface area (Å²) in [4.78, 5) is 16.7. The predicted octanol–water partition coefficient (Wildman–Crippen LogP) is 2.54. The van der Waals surface area contributed by atoms with Gasteiger partial charge >= 0.3 is 0 Å². The highest BCUT2D eigenvalue weighted by Crippen LogP contribution is 2.19. The molecule has 0 spiro atoms. The molecular weight excluding hydrogens is 252 g/mol. The van der Waals surface area contributed by atoms with Gasteiger partial charge in [0.2, 0.25) is 0 Å². The summed E-state index contributed by atoms with van der Waals surface area (Å²) in [6.45, 7) is 5.70. The van der Waals surface area contributed by atoms with E-state index in [2.05, 4.69) is 15.7 Å². The summed E-state index contributed by atoms with van der Waals surface area (Å²) in [5.74, 6) is 5.23. The van der Waals surface area contributed by atoms with E-state index < -0.39 is 0 Å². The second kappa shape index (κ2) is 5.71. The van der Waals surface area contributed by atoms with E-state index in [1.807, 2.05) is 39.0 Å². The SMILES string of the molecule is Cc1ccc(NN)c(C(=O)Nc2ccc(C)nc2C)c1. The van der Waals surface area contributed by atoms with E-state index in [0.29, 0.717) is 16.9 Å². The van der Waals surface area contributed by atoms with Crippen molar-refractivity contribution in [2.75, 3.05) is 10.7 Å². The van der Waals surface area contributed by atoms with Crippen LogP contribution in [0.3, 0.4) is 0 Å². The van der Waals surface area contributed by atoms with Gasteiger partial charge in [0.05, 0.1) is 22.6 Å². The van der Waals surface area contributed by atoms with Gasteiger partial charge in [-0.15, -0.1) is 0 Å². The molecule has 1 amide bonds. The number of nitrogens with one attached hydrogen (secondary N) is 2.